The van der Waals surface area contributed by atoms with Gasteiger partial charge in [0.05, 0.1) is 7.11 Å². The number of nitrogens with two attached hydrogens (primary N) is 1. The number of hydrogen-bond donors (Lipinski definition) is 2. The molecule has 0 aliphatic heterocycles. The maximum atomic E-state index is 5.65. The minimum absolute atomic E-state index is 0.106. The summed E-state index contributed by atoms with van der Waals surface area (Å²) in [5, 5.41) is 0.106. The number of aryl methyl sites for hydroxylation is 1. The molecule has 1 aromatic carbocycles. The van der Waals surface area contributed by atoms with Crippen molar-refractivity contribution in [3.63, 3.8) is 0 Å². The van der Waals surface area contributed by atoms with E-state index >= 15 is 0 Å². The maximum absolute atomic E-state index is 5.65. The van der Waals surface area contributed by atoms with Crippen LogP contribution in [0.3, 0.4) is 0 Å². The monoisotopic (exact) mass is 225 g/mol. The molecule has 0 aliphatic rings. The predicted octanol–water partition coefficient (Wildman–Crippen LogP) is 2.55. The first-order chi connectivity index (χ1) is 7.02. The molecule has 0 amide bonds. The topological polar surface area (TPSA) is 35.2 Å². The van der Waals surface area contributed by atoms with Crippen LogP contribution in [0.5, 0.6) is 5.75 Å². The summed E-state index contributed by atoms with van der Waals surface area (Å²) in [4.78, 5) is 0. The summed E-state index contributed by atoms with van der Waals surface area (Å²) in [6.45, 7) is 6.78. The van der Waals surface area contributed by atoms with Crippen LogP contribution in [0.2, 0.25) is 0 Å². The number of thiol groups is 1. The Hall–Kier alpha value is -0.670. The van der Waals surface area contributed by atoms with Crippen molar-refractivity contribution in [3.8, 4) is 5.75 Å². The van der Waals surface area contributed by atoms with Crippen molar-refractivity contribution in [1.29, 1.82) is 0 Å². The summed E-state index contributed by atoms with van der Waals surface area (Å²) in [7, 11) is 1.70. The first kappa shape index (κ1) is 12.4. The van der Waals surface area contributed by atoms with Crippen molar-refractivity contribution in [1.82, 2.24) is 0 Å². The van der Waals surface area contributed by atoms with Crippen LogP contribution in [-0.4, -0.2) is 13.7 Å². The van der Waals surface area contributed by atoms with E-state index in [1.54, 1.807) is 7.11 Å². The maximum Gasteiger partial charge on any atom is 0.122 e. The largest absolute Gasteiger partial charge is 0.496 e. The first-order valence-electron chi connectivity index (χ1n) is 5.05. The quantitative estimate of drug-likeness (QED) is 0.775. The zero-order valence-corrected chi connectivity index (χ0v) is 10.7. The van der Waals surface area contributed by atoms with Crippen molar-refractivity contribution < 1.29 is 4.74 Å². The molecular formula is C12H19NOS. The number of ether oxygens (including phenoxy) is 1. The van der Waals surface area contributed by atoms with Crippen molar-refractivity contribution in [2.45, 2.75) is 26.0 Å². The predicted molar refractivity (Wildman–Crippen MR) is 68.0 cm³/mol. The van der Waals surface area contributed by atoms with Crippen molar-refractivity contribution in [2.75, 3.05) is 13.7 Å². The van der Waals surface area contributed by atoms with Gasteiger partial charge >= 0.3 is 0 Å². The third kappa shape index (κ3) is 2.29. The fourth-order valence-electron chi connectivity index (χ4n) is 1.91. The average Bonchev–Trinajstić information content (AvgIpc) is 2.23. The SMILES string of the molecule is COc1cc(C)c(C(S)CN)c(C)c1C. The summed E-state index contributed by atoms with van der Waals surface area (Å²) >= 11 is 4.50. The van der Waals surface area contributed by atoms with Crippen LogP contribution in [0.1, 0.15) is 27.5 Å². The van der Waals surface area contributed by atoms with E-state index in [1.165, 1.54) is 22.3 Å². The molecule has 0 saturated carbocycles. The van der Waals surface area contributed by atoms with E-state index in [1.807, 2.05) is 0 Å². The summed E-state index contributed by atoms with van der Waals surface area (Å²) in [6.07, 6.45) is 0. The summed E-state index contributed by atoms with van der Waals surface area (Å²) in [5.74, 6) is 0.936. The Labute approximate surface area is 97.2 Å². The lowest BCUT2D eigenvalue weighted by atomic mass is 9.95. The molecule has 0 fully saturated rings. The Bertz CT molecular complexity index is 363. The molecular weight excluding hydrogens is 206 g/mol. The van der Waals surface area contributed by atoms with E-state index < -0.39 is 0 Å². The molecule has 1 unspecified atom stereocenters. The highest BCUT2D eigenvalue weighted by Gasteiger charge is 2.15. The lowest BCUT2D eigenvalue weighted by Crippen LogP contribution is -2.11. The van der Waals surface area contributed by atoms with E-state index in [9.17, 15) is 0 Å². The number of methoxy groups -OCH3 is 1. The zero-order valence-electron chi connectivity index (χ0n) is 9.79. The molecule has 0 radical (unpaired) electrons. The van der Waals surface area contributed by atoms with Crippen LogP contribution in [-0.2, 0) is 0 Å². The molecule has 0 saturated heterocycles. The second-order valence-corrected chi connectivity index (χ2v) is 4.43. The minimum atomic E-state index is 0.106. The standard InChI is InChI=1S/C12H19NOS/c1-7-5-10(14-4)8(2)9(3)12(7)11(15)6-13/h5,11,15H,6,13H2,1-4H3. The molecule has 2 N–H and O–H groups in total. The molecule has 0 aliphatic carbocycles. The van der Waals surface area contributed by atoms with Crippen LogP contribution in [0.25, 0.3) is 0 Å². The van der Waals surface area contributed by atoms with Crippen molar-refractivity contribution >= 4 is 12.6 Å². The van der Waals surface area contributed by atoms with Gasteiger partial charge in [-0.1, -0.05) is 0 Å². The van der Waals surface area contributed by atoms with Gasteiger partial charge in [0, 0.05) is 11.8 Å². The van der Waals surface area contributed by atoms with E-state index in [2.05, 4.69) is 39.5 Å². The van der Waals surface area contributed by atoms with E-state index in [0.29, 0.717) is 6.54 Å². The summed E-state index contributed by atoms with van der Waals surface area (Å²) in [5.41, 5.74) is 10.5. The molecule has 15 heavy (non-hydrogen) atoms. The van der Waals surface area contributed by atoms with Gasteiger partial charge < -0.3 is 10.5 Å². The molecule has 3 heteroatoms. The van der Waals surface area contributed by atoms with Gasteiger partial charge in [-0.15, -0.1) is 0 Å². The van der Waals surface area contributed by atoms with Gasteiger partial charge in [-0.25, -0.2) is 0 Å². The third-order valence-corrected chi connectivity index (χ3v) is 3.35. The van der Waals surface area contributed by atoms with Gasteiger partial charge in [0.15, 0.2) is 0 Å². The first-order valence-corrected chi connectivity index (χ1v) is 5.57. The average molecular weight is 225 g/mol. The molecule has 84 valence electrons. The normalized spacial score (nSPS) is 12.7. The van der Waals surface area contributed by atoms with Crippen LogP contribution in [0, 0.1) is 20.8 Å². The Balaban J connectivity index is 3.35. The van der Waals surface area contributed by atoms with E-state index in [-0.39, 0.29) is 5.25 Å². The molecule has 0 heterocycles. The molecule has 1 rings (SSSR count). The smallest absolute Gasteiger partial charge is 0.122 e. The molecule has 1 atom stereocenters. The van der Waals surface area contributed by atoms with Gasteiger partial charge in [0.2, 0.25) is 0 Å². The van der Waals surface area contributed by atoms with Crippen LogP contribution in [0.4, 0.5) is 0 Å². The molecule has 0 spiro atoms. The number of benzene rings is 1. The van der Waals surface area contributed by atoms with Gasteiger partial charge in [-0.3, -0.25) is 0 Å². The minimum Gasteiger partial charge on any atom is -0.496 e. The van der Waals surface area contributed by atoms with Crippen LogP contribution < -0.4 is 10.5 Å². The van der Waals surface area contributed by atoms with Gasteiger partial charge in [-0.2, -0.15) is 12.6 Å². The van der Waals surface area contributed by atoms with E-state index in [4.69, 9.17) is 10.5 Å². The van der Waals surface area contributed by atoms with Crippen molar-refractivity contribution in [2.24, 2.45) is 5.73 Å². The van der Waals surface area contributed by atoms with Gasteiger partial charge in [0.1, 0.15) is 5.75 Å². The van der Waals surface area contributed by atoms with Crippen LogP contribution >= 0.6 is 12.6 Å². The highest BCUT2D eigenvalue weighted by Crippen LogP contribution is 2.33. The molecule has 0 bridgehead atoms. The second-order valence-electron chi connectivity index (χ2n) is 3.81. The fraction of sp³-hybridized carbons (Fsp3) is 0.500. The van der Waals surface area contributed by atoms with Gasteiger partial charge in [-0.05, 0) is 49.1 Å². The second kappa shape index (κ2) is 4.90. The number of hydrogen-bond acceptors (Lipinski definition) is 3. The van der Waals surface area contributed by atoms with E-state index in [0.717, 1.165) is 5.75 Å². The highest BCUT2D eigenvalue weighted by molar-refractivity contribution is 7.80. The Morgan fingerprint density at radius 2 is 1.93 bits per heavy atom. The Morgan fingerprint density at radius 3 is 2.40 bits per heavy atom. The lowest BCUT2D eigenvalue weighted by molar-refractivity contribution is 0.410. The van der Waals surface area contributed by atoms with Crippen LogP contribution in [0.15, 0.2) is 6.07 Å². The van der Waals surface area contributed by atoms with Crippen molar-refractivity contribution in [3.05, 3.63) is 28.3 Å². The van der Waals surface area contributed by atoms with Gasteiger partial charge in [0.25, 0.3) is 0 Å². The third-order valence-electron chi connectivity index (χ3n) is 2.88. The zero-order chi connectivity index (χ0) is 11.6. The Morgan fingerprint density at radius 1 is 1.33 bits per heavy atom. The number of rotatable bonds is 3. The molecule has 0 aromatic heterocycles. The lowest BCUT2D eigenvalue weighted by Gasteiger charge is -2.19. The summed E-state index contributed by atoms with van der Waals surface area (Å²) in [6, 6.07) is 2.05. The fourth-order valence-corrected chi connectivity index (χ4v) is 2.31. The summed E-state index contributed by atoms with van der Waals surface area (Å²) < 4.78 is 5.32. The Kier molecular flexibility index (Phi) is 4.05. The highest BCUT2D eigenvalue weighted by atomic mass is 32.1. The molecule has 1 aromatic rings. The molecule has 2 nitrogen and oxygen atoms in total.